The van der Waals surface area contributed by atoms with Crippen LogP contribution < -0.4 is 4.74 Å². The Kier molecular flexibility index (Phi) is 5.36. The minimum atomic E-state index is -0.488. The number of carbonyl (C=O) groups excluding carboxylic acids is 1. The molecule has 0 amide bonds. The Bertz CT molecular complexity index is 862. The molecular formula is C19H17ClN2O3. The fourth-order valence-electron chi connectivity index (χ4n) is 2.30. The van der Waals surface area contributed by atoms with Crippen molar-refractivity contribution in [2.45, 2.75) is 13.5 Å². The van der Waals surface area contributed by atoms with Gasteiger partial charge in [0.2, 0.25) is 5.88 Å². The maximum atomic E-state index is 12.0. The number of carbonyl (C=O) groups is 1. The van der Waals surface area contributed by atoms with Crippen LogP contribution in [0.4, 0.5) is 0 Å². The van der Waals surface area contributed by atoms with Gasteiger partial charge in [-0.1, -0.05) is 48.0 Å². The quantitative estimate of drug-likeness (QED) is 0.608. The number of para-hydroxylation sites is 1. The van der Waals surface area contributed by atoms with Crippen LogP contribution in [0.1, 0.15) is 23.0 Å². The molecule has 1 heterocycles. The molecule has 6 heteroatoms. The van der Waals surface area contributed by atoms with Gasteiger partial charge in [-0.05, 0) is 30.7 Å². The first-order valence-electron chi connectivity index (χ1n) is 7.88. The fraction of sp³-hybridized carbons (Fsp3) is 0.158. The van der Waals surface area contributed by atoms with E-state index in [1.807, 2.05) is 54.6 Å². The molecule has 25 heavy (non-hydrogen) atoms. The molecule has 0 saturated heterocycles. The summed E-state index contributed by atoms with van der Waals surface area (Å²) in [5, 5.41) is 4.95. The molecule has 1 aromatic heterocycles. The summed E-state index contributed by atoms with van der Waals surface area (Å²) in [6, 6.07) is 18.3. The Balaban J connectivity index is 1.93. The molecule has 3 rings (SSSR count). The molecule has 0 bridgehead atoms. The van der Waals surface area contributed by atoms with Crippen molar-refractivity contribution < 1.29 is 14.3 Å². The van der Waals surface area contributed by atoms with Gasteiger partial charge in [-0.2, -0.15) is 5.10 Å². The van der Waals surface area contributed by atoms with E-state index in [0.717, 1.165) is 5.56 Å². The Labute approximate surface area is 150 Å². The average molecular weight is 357 g/mol. The predicted octanol–water partition coefficient (Wildman–Crippen LogP) is 4.55. The number of benzene rings is 2. The highest BCUT2D eigenvalue weighted by Crippen LogP contribution is 2.25. The van der Waals surface area contributed by atoms with Crippen molar-refractivity contribution in [3.05, 3.63) is 76.9 Å². The van der Waals surface area contributed by atoms with Crippen molar-refractivity contribution in [2.24, 2.45) is 0 Å². The van der Waals surface area contributed by atoms with Gasteiger partial charge >= 0.3 is 5.97 Å². The summed E-state index contributed by atoms with van der Waals surface area (Å²) in [4.78, 5) is 12.0. The van der Waals surface area contributed by atoms with Crippen molar-refractivity contribution in [3.8, 4) is 11.6 Å². The van der Waals surface area contributed by atoms with Crippen LogP contribution in [0.3, 0.4) is 0 Å². The van der Waals surface area contributed by atoms with E-state index in [9.17, 15) is 4.79 Å². The highest BCUT2D eigenvalue weighted by molar-refractivity contribution is 6.31. The second-order valence-electron chi connectivity index (χ2n) is 5.25. The second-order valence-corrected chi connectivity index (χ2v) is 5.66. The molecule has 0 radical (unpaired) electrons. The third-order valence-electron chi connectivity index (χ3n) is 3.47. The molecule has 2 aromatic carbocycles. The van der Waals surface area contributed by atoms with Gasteiger partial charge < -0.3 is 9.47 Å². The Hall–Kier alpha value is -2.79. The van der Waals surface area contributed by atoms with Crippen molar-refractivity contribution in [2.75, 3.05) is 6.61 Å². The lowest BCUT2D eigenvalue weighted by molar-refractivity contribution is 0.0518. The lowest BCUT2D eigenvalue weighted by Gasteiger charge is -2.09. The zero-order valence-electron chi connectivity index (χ0n) is 13.7. The molecule has 3 aromatic rings. The molecule has 0 aliphatic heterocycles. The van der Waals surface area contributed by atoms with E-state index in [1.165, 1.54) is 0 Å². The van der Waals surface area contributed by atoms with Crippen molar-refractivity contribution in [3.63, 3.8) is 0 Å². The first kappa shape index (κ1) is 17.0. The number of nitrogens with zero attached hydrogens (tertiary/aromatic N) is 2. The summed E-state index contributed by atoms with van der Waals surface area (Å²) in [6.07, 6.45) is 0. The molecule has 0 unspecified atom stereocenters. The monoisotopic (exact) mass is 356 g/mol. The molecule has 0 N–H and O–H groups in total. The van der Waals surface area contributed by atoms with E-state index < -0.39 is 5.97 Å². The lowest BCUT2D eigenvalue weighted by Crippen LogP contribution is -2.08. The number of esters is 1. The minimum absolute atomic E-state index is 0.194. The normalized spacial score (nSPS) is 10.5. The van der Waals surface area contributed by atoms with Gasteiger partial charge in [-0.3, -0.25) is 0 Å². The Morgan fingerprint density at radius 2 is 1.84 bits per heavy atom. The largest absolute Gasteiger partial charge is 0.461 e. The van der Waals surface area contributed by atoms with Crippen LogP contribution in [0.2, 0.25) is 5.02 Å². The van der Waals surface area contributed by atoms with Crippen LogP contribution in [0, 0.1) is 0 Å². The number of rotatable bonds is 6. The van der Waals surface area contributed by atoms with Crippen molar-refractivity contribution in [1.82, 2.24) is 9.78 Å². The van der Waals surface area contributed by atoms with Crippen LogP contribution in [-0.2, 0) is 11.3 Å². The molecule has 128 valence electrons. The van der Waals surface area contributed by atoms with E-state index in [2.05, 4.69) is 5.10 Å². The molecule has 5 nitrogen and oxygen atoms in total. The van der Waals surface area contributed by atoms with Crippen LogP contribution in [-0.4, -0.2) is 22.4 Å². The zero-order chi connectivity index (χ0) is 17.6. The summed E-state index contributed by atoms with van der Waals surface area (Å²) in [5.74, 6) is 0.603. The third kappa shape index (κ3) is 4.19. The lowest BCUT2D eigenvalue weighted by atomic mass is 10.2. The number of aromatic nitrogens is 2. The Morgan fingerprint density at radius 1 is 1.12 bits per heavy atom. The molecule has 0 aliphatic carbocycles. The summed E-state index contributed by atoms with van der Waals surface area (Å²) >= 11 is 6.23. The van der Waals surface area contributed by atoms with Gasteiger partial charge in [-0.25, -0.2) is 9.48 Å². The molecule has 0 saturated carbocycles. The Morgan fingerprint density at radius 3 is 2.56 bits per heavy atom. The summed E-state index contributed by atoms with van der Waals surface area (Å²) in [6.45, 7) is 2.41. The van der Waals surface area contributed by atoms with Gasteiger partial charge in [0.25, 0.3) is 0 Å². The topological polar surface area (TPSA) is 53.4 Å². The van der Waals surface area contributed by atoms with Crippen LogP contribution in [0.15, 0.2) is 60.7 Å². The summed E-state index contributed by atoms with van der Waals surface area (Å²) < 4.78 is 12.5. The maximum Gasteiger partial charge on any atom is 0.358 e. The van der Waals surface area contributed by atoms with Gasteiger partial charge in [-0.15, -0.1) is 0 Å². The zero-order valence-corrected chi connectivity index (χ0v) is 14.4. The number of halogens is 1. The van der Waals surface area contributed by atoms with Crippen LogP contribution >= 0.6 is 11.6 Å². The molecule has 0 spiro atoms. The van der Waals surface area contributed by atoms with E-state index in [1.54, 1.807) is 17.7 Å². The van der Waals surface area contributed by atoms with Gasteiger partial charge in [0.05, 0.1) is 13.2 Å². The molecule has 0 aliphatic rings. The maximum absolute atomic E-state index is 12.0. The van der Waals surface area contributed by atoms with E-state index >= 15 is 0 Å². The SMILES string of the molecule is CCOC(=O)c1cc(Oc2ccccc2)n(Cc2ccccc2Cl)n1. The number of hydrogen-bond acceptors (Lipinski definition) is 4. The van der Waals surface area contributed by atoms with Gasteiger partial charge in [0, 0.05) is 11.1 Å². The van der Waals surface area contributed by atoms with Gasteiger partial charge in [0.15, 0.2) is 5.69 Å². The van der Waals surface area contributed by atoms with Crippen molar-refractivity contribution in [1.29, 1.82) is 0 Å². The second kappa shape index (κ2) is 7.85. The van der Waals surface area contributed by atoms with E-state index in [-0.39, 0.29) is 12.3 Å². The van der Waals surface area contributed by atoms with Gasteiger partial charge in [0.1, 0.15) is 5.75 Å². The van der Waals surface area contributed by atoms with E-state index in [4.69, 9.17) is 21.1 Å². The fourth-order valence-corrected chi connectivity index (χ4v) is 2.49. The van der Waals surface area contributed by atoms with E-state index in [0.29, 0.717) is 23.2 Å². The highest BCUT2D eigenvalue weighted by Gasteiger charge is 2.17. The molecule has 0 fully saturated rings. The average Bonchev–Trinajstić information content (AvgIpc) is 3.01. The summed E-state index contributed by atoms with van der Waals surface area (Å²) in [5.41, 5.74) is 1.07. The summed E-state index contributed by atoms with van der Waals surface area (Å²) in [7, 11) is 0. The first-order chi connectivity index (χ1) is 12.2. The molecule has 0 atom stereocenters. The number of ether oxygens (including phenoxy) is 2. The standard InChI is InChI=1S/C19H17ClN2O3/c1-2-24-19(23)17-12-18(25-15-9-4-3-5-10-15)22(21-17)13-14-8-6-7-11-16(14)20/h3-12H,2,13H2,1H3. The van der Waals surface area contributed by atoms with Crippen molar-refractivity contribution >= 4 is 17.6 Å². The first-order valence-corrected chi connectivity index (χ1v) is 8.26. The highest BCUT2D eigenvalue weighted by atomic mass is 35.5. The third-order valence-corrected chi connectivity index (χ3v) is 3.84. The smallest absolute Gasteiger partial charge is 0.358 e. The predicted molar refractivity (Wildman–Crippen MR) is 95.3 cm³/mol. The molecular weight excluding hydrogens is 340 g/mol. The minimum Gasteiger partial charge on any atom is -0.461 e. The van der Waals surface area contributed by atoms with Crippen LogP contribution in [0.5, 0.6) is 11.6 Å². The number of hydrogen-bond donors (Lipinski definition) is 0. The van der Waals surface area contributed by atoms with Crippen LogP contribution in [0.25, 0.3) is 0 Å².